The monoisotopic (exact) mass is 492 g/mol. The summed E-state index contributed by atoms with van der Waals surface area (Å²) < 4.78 is 1.98. The molecule has 1 saturated heterocycles. The molecule has 0 radical (unpaired) electrons. The van der Waals surface area contributed by atoms with Crippen LogP contribution in [-0.2, 0) is 4.79 Å². The molecule has 7 nitrogen and oxygen atoms in total. The van der Waals surface area contributed by atoms with E-state index in [9.17, 15) is 14.7 Å². The Morgan fingerprint density at radius 1 is 1.15 bits per heavy atom. The Bertz CT molecular complexity index is 1330. The van der Waals surface area contributed by atoms with E-state index in [1.54, 1.807) is 35.4 Å². The topological polar surface area (TPSA) is 86.9 Å². The molecule has 3 heterocycles. The quantitative estimate of drug-likeness (QED) is 0.398. The van der Waals surface area contributed by atoms with Crippen LogP contribution < -0.4 is 10.9 Å². The van der Waals surface area contributed by atoms with Gasteiger partial charge in [-0.15, -0.1) is 0 Å². The van der Waals surface area contributed by atoms with Gasteiger partial charge in [-0.1, -0.05) is 73.2 Å². The number of thiocarbonyl (C=S) groups is 1. The van der Waals surface area contributed by atoms with Crippen molar-refractivity contribution in [1.82, 2.24) is 14.3 Å². The molecule has 1 amide bonds. The molecular weight excluding hydrogens is 468 g/mol. The fourth-order valence-corrected chi connectivity index (χ4v) is 5.82. The van der Waals surface area contributed by atoms with Crippen LogP contribution >= 0.6 is 24.0 Å². The zero-order chi connectivity index (χ0) is 23.7. The second-order valence-electron chi connectivity index (χ2n) is 8.41. The molecule has 2 fully saturated rings. The minimum atomic E-state index is -0.786. The van der Waals surface area contributed by atoms with E-state index in [2.05, 4.69) is 10.3 Å². The molecule has 9 heteroatoms. The van der Waals surface area contributed by atoms with Gasteiger partial charge in [0.15, 0.2) is 0 Å². The molecule has 174 valence electrons. The Kier molecular flexibility index (Phi) is 6.49. The van der Waals surface area contributed by atoms with Gasteiger partial charge in [0.1, 0.15) is 15.8 Å². The van der Waals surface area contributed by atoms with Gasteiger partial charge in [-0.05, 0) is 36.6 Å². The highest BCUT2D eigenvalue weighted by atomic mass is 32.2. The van der Waals surface area contributed by atoms with Gasteiger partial charge in [-0.2, -0.15) is 0 Å². The van der Waals surface area contributed by atoms with E-state index in [-0.39, 0.29) is 29.6 Å². The van der Waals surface area contributed by atoms with E-state index in [0.717, 1.165) is 31.2 Å². The van der Waals surface area contributed by atoms with Crippen molar-refractivity contribution in [3.05, 3.63) is 81.1 Å². The molecule has 2 aromatic heterocycles. The van der Waals surface area contributed by atoms with Crippen molar-refractivity contribution in [3.8, 4) is 0 Å². The first-order valence-corrected chi connectivity index (χ1v) is 12.5. The Morgan fingerprint density at radius 3 is 2.65 bits per heavy atom. The molecule has 0 bridgehead atoms. The van der Waals surface area contributed by atoms with Crippen molar-refractivity contribution in [2.45, 2.75) is 37.8 Å². The standard InChI is InChI=1S/C25H24N4O3S2/c30-19(16-8-2-1-3-9-16)15-26-22-18(23(31)28-13-7-6-12-21(28)27-22)14-20-24(32)29(25(33)34-20)17-10-4-5-11-17/h1-3,6-9,12-14,17,19,26,30H,4-5,10-11,15H2/b20-14-. The fourth-order valence-electron chi connectivity index (χ4n) is 4.44. The summed E-state index contributed by atoms with van der Waals surface area (Å²) in [4.78, 5) is 33.3. The number of rotatable bonds is 6. The first kappa shape index (κ1) is 22.8. The highest BCUT2D eigenvalue weighted by Crippen LogP contribution is 2.38. The summed E-state index contributed by atoms with van der Waals surface area (Å²) in [6, 6.07) is 14.7. The summed E-state index contributed by atoms with van der Waals surface area (Å²) in [5.74, 6) is 0.159. The molecule has 1 aromatic carbocycles. The maximum Gasteiger partial charge on any atom is 0.267 e. The third-order valence-corrected chi connectivity index (χ3v) is 7.54. The van der Waals surface area contributed by atoms with Gasteiger partial charge in [0.25, 0.3) is 11.5 Å². The van der Waals surface area contributed by atoms with E-state index >= 15 is 0 Å². The second-order valence-corrected chi connectivity index (χ2v) is 10.1. The van der Waals surface area contributed by atoms with Crippen molar-refractivity contribution >= 4 is 51.7 Å². The van der Waals surface area contributed by atoms with Crippen LogP contribution in [0.4, 0.5) is 5.82 Å². The van der Waals surface area contributed by atoms with Crippen LogP contribution in [0.3, 0.4) is 0 Å². The number of nitrogens with zero attached hydrogens (tertiary/aromatic N) is 3. The molecule has 1 aliphatic heterocycles. The van der Waals surface area contributed by atoms with Crippen LogP contribution in [0, 0.1) is 0 Å². The third kappa shape index (κ3) is 4.38. The Labute approximate surface area is 206 Å². The van der Waals surface area contributed by atoms with Gasteiger partial charge in [-0.25, -0.2) is 4.98 Å². The Hall–Kier alpha value is -3.01. The lowest BCUT2D eigenvalue weighted by Crippen LogP contribution is -2.36. The molecule has 1 saturated carbocycles. The third-order valence-electron chi connectivity index (χ3n) is 6.21. The zero-order valence-electron chi connectivity index (χ0n) is 18.4. The maximum absolute atomic E-state index is 13.4. The minimum absolute atomic E-state index is 0.132. The minimum Gasteiger partial charge on any atom is -0.387 e. The lowest BCUT2D eigenvalue weighted by Gasteiger charge is -2.21. The molecule has 34 heavy (non-hydrogen) atoms. The Balaban J connectivity index is 1.50. The number of anilines is 1. The maximum atomic E-state index is 13.4. The first-order valence-electron chi connectivity index (χ1n) is 11.3. The van der Waals surface area contributed by atoms with E-state index in [4.69, 9.17) is 12.2 Å². The largest absolute Gasteiger partial charge is 0.387 e. The number of nitrogens with one attached hydrogen (secondary N) is 1. The number of hydrogen-bond acceptors (Lipinski definition) is 7. The number of aliphatic hydroxyl groups is 1. The van der Waals surface area contributed by atoms with Crippen LogP contribution in [0.5, 0.6) is 0 Å². The number of aromatic nitrogens is 2. The lowest BCUT2D eigenvalue weighted by atomic mass is 10.1. The zero-order valence-corrected chi connectivity index (χ0v) is 20.0. The molecule has 2 aliphatic rings. The molecule has 0 spiro atoms. The SMILES string of the molecule is O=C1/C(=C/c2c(NCC(O)c3ccccc3)nc3ccccn3c2=O)SC(=S)N1C1CCCC1. The highest BCUT2D eigenvalue weighted by Gasteiger charge is 2.38. The normalized spacial score (nSPS) is 18.9. The Morgan fingerprint density at radius 2 is 1.88 bits per heavy atom. The number of pyridine rings is 1. The number of carbonyl (C=O) groups excluding carboxylic acids is 1. The van der Waals surface area contributed by atoms with Crippen molar-refractivity contribution in [2.24, 2.45) is 0 Å². The van der Waals surface area contributed by atoms with E-state index in [1.165, 1.54) is 16.2 Å². The van der Waals surface area contributed by atoms with Gasteiger partial charge >= 0.3 is 0 Å². The number of amides is 1. The van der Waals surface area contributed by atoms with Crippen LogP contribution in [0.1, 0.15) is 42.9 Å². The second kappa shape index (κ2) is 9.69. The first-order chi connectivity index (χ1) is 16.5. The predicted octanol–water partition coefficient (Wildman–Crippen LogP) is 3.98. The van der Waals surface area contributed by atoms with Gasteiger partial charge in [0.05, 0.1) is 16.6 Å². The fraction of sp³-hybridized carbons (Fsp3) is 0.280. The summed E-state index contributed by atoms with van der Waals surface area (Å²) in [5.41, 5.74) is 1.19. The van der Waals surface area contributed by atoms with Crippen molar-refractivity contribution in [1.29, 1.82) is 0 Å². The van der Waals surface area contributed by atoms with Gasteiger partial charge in [0.2, 0.25) is 0 Å². The number of carbonyl (C=O) groups is 1. The summed E-state index contributed by atoms with van der Waals surface area (Å²) >= 11 is 6.73. The van der Waals surface area contributed by atoms with Gasteiger partial charge in [0, 0.05) is 18.8 Å². The number of benzene rings is 1. The number of thioether (sulfide) groups is 1. The summed E-state index contributed by atoms with van der Waals surface area (Å²) in [5, 5.41) is 13.7. The van der Waals surface area contributed by atoms with Crippen molar-refractivity contribution in [3.63, 3.8) is 0 Å². The highest BCUT2D eigenvalue weighted by molar-refractivity contribution is 8.26. The van der Waals surface area contributed by atoms with Crippen molar-refractivity contribution < 1.29 is 9.90 Å². The number of hydrogen-bond donors (Lipinski definition) is 2. The average Bonchev–Trinajstić information content (AvgIpc) is 3.47. The molecule has 2 N–H and O–H groups in total. The van der Waals surface area contributed by atoms with E-state index < -0.39 is 6.10 Å². The molecule has 1 unspecified atom stereocenters. The van der Waals surface area contributed by atoms with Crippen LogP contribution in [0.15, 0.2) is 64.4 Å². The molecule has 1 atom stereocenters. The van der Waals surface area contributed by atoms with Crippen LogP contribution in [0.2, 0.25) is 0 Å². The molecular formula is C25H24N4O3S2. The average molecular weight is 493 g/mol. The number of aliphatic hydroxyl groups excluding tert-OH is 1. The van der Waals surface area contributed by atoms with Crippen LogP contribution in [-0.4, -0.2) is 42.2 Å². The molecule has 3 aromatic rings. The van der Waals surface area contributed by atoms with Gasteiger partial charge in [-0.3, -0.25) is 18.9 Å². The number of fused-ring (bicyclic) bond motifs is 1. The summed E-state index contributed by atoms with van der Waals surface area (Å²) in [6.45, 7) is 0.156. The summed E-state index contributed by atoms with van der Waals surface area (Å²) in [7, 11) is 0. The van der Waals surface area contributed by atoms with Gasteiger partial charge < -0.3 is 10.4 Å². The smallest absolute Gasteiger partial charge is 0.267 e. The van der Waals surface area contributed by atoms with Crippen LogP contribution in [0.25, 0.3) is 11.7 Å². The summed E-state index contributed by atoms with van der Waals surface area (Å²) in [6.07, 6.45) is 6.52. The van der Waals surface area contributed by atoms with E-state index in [0.29, 0.717) is 20.7 Å². The molecule has 5 rings (SSSR count). The predicted molar refractivity (Wildman–Crippen MR) is 139 cm³/mol. The van der Waals surface area contributed by atoms with Crippen molar-refractivity contribution in [2.75, 3.05) is 11.9 Å². The van der Waals surface area contributed by atoms with E-state index in [1.807, 2.05) is 30.3 Å². The molecule has 1 aliphatic carbocycles. The lowest BCUT2D eigenvalue weighted by molar-refractivity contribution is -0.123.